The lowest BCUT2D eigenvalue weighted by Gasteiger charge is -2.45. The molecule has 0 aliphatic carbocycles. The first kappa shape index (κ1) is 47.1. The Morgan fingerprint density at radius 2 is 1.07 bits per heavy atom. The van der Waals surface area contributed by atoms with Gasteiger partial charge in [0.2, 0.25) is 0 Å². The summed E-state index contributed by atoms with van der Waals surface area (Å²) in [6.07, 6.45) is 6.65. The Labute approximate surface area is 396 Å². The minimum atomic E-state index is -0.559. The lowest BCUT2D eigenvalue weighted by Crippen LogP contribution is -2.50. The zero-order valence-electron chi connectivity index (χ0n) is 39.1. The summed E-state index contributed by atoms with van der Waals surface area (Å²) in [4.78, 5) is 41.9. The molecule has 3 N–H and O–H groups in total. The summed E-state index contributed by atoms with van der Waals surface area (Å²) in [6.45, 7) is 6.43. The number of methoxy groups -OCH3 is 2. The van der Waals surface area contributed by atoms with Gasteiger partial charge in [0.15, 0.2) is 17.5 Å². The second-order valence-corrected chi connectivity index (χ2v) is 17.0. The summed E-state index contributed by atoms with van der Waals surface area (Å²) < 4.78 is 28.2. The first-order valence-corrected chi connectivity index (χ1v) is 23.0. The number of rotatable bonds is 8. The Hall–Kier alpha value is -7.36. The third kappa shape index (κ3) is 8.70. The van der Waals surface area contributed by atoms with Gasteiger partial charge in [0.05, 0.1) is 54.6 Å². The minimum absolute atomic E-state index is 0.000904. The average Bonchev–Trinajstić information content (AvgIpc) is 4.03. The van der Waals surface area contributed by atoms with E-state index in [4.69, 9.17) is 29.4 Å². The molecule has 354 valence electrons. The number of oxime groups is 1. The Kier molecular flexibility index (Phi) is 14.0. The van der Waals surface area contributed by atoms with Gasteiger partial charge in [-0.05, 0) is 96.8 Å². The van der Waals surface area contributed by atoms with E-state index in [0.29, 0.717) is 68.7 Å². The molecule has 10 rings (SSSR count). The molecular formula is C53H58N6O9. The maximum absolute atomic E-state index is 13.3. The number of amides is 2. The van der Waals surface area contributed by atoms with Gasteiger partial charge in [-0.2, -0.15) is 0 Å². The normalized spacial score (nSPS) is 15.8. The van der Waals surface area contributed by atoms with Crippen LogP contribution in [0.4, 0.5) is 0 Å². The fraction of sp³-hybridized carbons (Fsp3) is 0.321. The fourth-order valence-electron chi connectivity index (χ4n) is 9.95. The first-order chi connectivity index (χ1) is 33.1. The van der Waals surface area contributed by atoms with Crippen molar-refractivity contribution in [3.63, 3.8) is 0 Å². The van der Waals surface area contributed by atoms with E-state index >= 15 is 0 Å². The van der Waals surface area contributed by atoms with Gasteiger partial charge in [-0.25, -0.2) is 5.48 Å². The molecule has 4 aliphatic rings. The Morgan fingerprint density at radius 1 is 0.662 bits per heavy atom. The predicted octanol–water partition coefficient (Wildman–Crippen LogP) is 8.36. The number of ether oxygens (including phenoxy) is 4. The van der Waals surface area contributed by atoms with Gasteiger partial charge in [-0.1, -0.05) is 55.4 Å². The molecule has 6 aromatic rings. The molecule has 15 heteroatoms. The molecule has 2 fully saturated rings. The number of hydroxylamine groups is 1. The molecule has 2 aromatic heterocycles. The third-order valence-corrected chi connectivity index (χ3v) is 13.4. The van der Waals surface area contributed by atoms with Crippen LogP contribution in [0.15, 0.2) is 114 Å². The number of hydrogen-bond acceptors (Lipinski definition) is 11. The molecule has 0 radical (unpaired) electrons. The number of benzene rings is 4. The van der Waals surface area contributed by atoms with Gasteiger partial charge >= 0.3 is 0 Å². The monoisotopic (exact) mass is 922 g/mol. The number of aryl methyl sites for hydroxylation is 2. The minimum Gasteiger partial charge on any atom is -0.496 e. The lowest BCUT2D eigenvalue weighted by atomic mass is 9.86. The maximum atomic E-state index is 13.3. The summed E-state index contributed by atoms with van der Waals surface area (Å²) in [6, 6.07) is 34.8. The zero-order valence-corrected chi connectivity index (χ0v) is 39.1. The number of hydrogen-bond donors (Lipinski definition) is 3. The summed E-state index contributed by atoms with van der Waals surface area (Å²) in [5.74, 6) is 3.05. The number of carbonyl (C=O) groups is 3. The summed E-state index contributed by atoms with van der Waals surface area (Å²) in [5.41, 5.74) is 9.26. The van der Waals surface area contributed by atoms with Crippen LogP contribution in [0.3, 0.4) is 0 Å². The van der Waals surface area contributed by atoms with E-state index in [2.05, 4.69) is 23.6 Å². The van der Waals surface area contributed by atoms with Crippen molar-refractivity contribution in [1.29, 1.82) is 0 Å². The Balaban J connectivity index is 0.000000174. The van der Waals surface area contributed by atoms with E-state index in [1.165, 1.54) is 13.3 Å². The molecule has 2 saturated heterocycles. The number of aldehydes is 1. The quantitative estimate of drug-likeness (QED) is 0.0584. The van der Waals surface area contributed by atoms with Gasteiger partial charge in [0.25, 0.3) is 11.8 Å². The number of carbonyl (C=O) groups excluding carboxylic acids is 3. The van der Waals surface area contributed by atoms with Crippen molar-refractivity contribution in [1.82, 2.24) is 24.4 Å². The van der Waals surface area contributed by atoms with Crippen LogP contribution in [0.5, 0.6) is 23.0 Å². The second-order valence-electron chi connectivity index (χ2n) is 17.0. The number of nitrogens with one attached hydrogen (secondary N) is 1. The molecule has 0 saturated carbocycles. The van der Waals surface area contributed by atoms with Crippen LogP contribution in [0.1, 0.15) is 98.9 Å². The zero-order chi connectivity index (χ0) is 48.0. The molecule has 0 bridgehead atoms. The second kappa shape index (κ2) is 20.2. The highest BCUT2D eigenvalue weighted by molar-refractivity contribution is 5.95. The van der Waals surface area contributed by atoms with Crippen molar-refractivity contribution in [3.8, 4) is 34.4 Å². The lowest BCUT2D eigenvalue weighted by molar-refractivity contribution is -0.00985. The van der Waals surface area contributed by atoms with Gasteiger partial charge in [0.1, 0.15) is 23.0 Å². The molecule has 68 heavy (non-hydrogen) atoms. The van der Waals surface area contributed by atoms with Gasteiger partial charge in [0, 0.05) is 70.0 Å². The molecule has 6 heterocycles. The van der Waals surface area contributed by atoms with E-state index in [0.717, 1.165) is 81.7 Å². The van der Waals surface area contributed by atoms with Crippen LogP contribution in [0, 0.1) is 0 Å². The highest BCUT2D eigenvalue weighted by atomic mass is 16.5. The van der Waals surface area contributed by atoms with Crippen LogP contribution in [-0.2, 0) is 24.0 Å². The highest BCUT2D eigenvalue weighted by Gasteiger charge is 2.47. The first-order valence-electron chi connectivity index (χ1n) is 23.0. The van der Waals surface area contributed by atoms with Gasteiger partial charge in [-0.15, -0.1) is 0 Å². The van der Waals surface area contributed by atoms with E-state index in [1.54, 1.807) is 19.7 Å². The number of para-hydroxylation sites is 4. The molecule has 2 spiro atoms. The molecular weight excluding hydrogens is 865 g/mol. The van der Waals surface area contributed by atoms with Crippen LogP contribution in [0.25, 0.3) is 11.4 Å². The van der Waals surface area contributed by atoms with E-state index in [-0.39, 0.29) is 11.8 Å². The summed E-state index contributed by atoms with van der Waals surface area (Å²) in [5, 5.41) is 19.7. The van der Waals surface area contributed by atoms with E-state index in [1.807, 2.05) is 124 Å². The average molecular weight is 923 g/mol. The highest BCUT2D eigenvalue weighted by Crippen LogP contribution is 2.47. The largest absolute Gasteiger partial charge is 0.496 e. The standard InChI is InChI=1S/C26H27N3O4.C26H26N2O4.CH5NO/c1-3-18-8-9-19(16-23(18)32-2)25(30)28-14-12-26(13-15-28)24-11-10-20(17-27-31)29(24)21-6-4-5-7-22(21)33-26;1-3-18-8-9-19(16-23(18)31-2)25(30)27-14-12-26(13-15-27)24-11-10-20(17-29)28(24)21-6-4-5-7-22(21)32-26;1-2-3/h4-11,16-17,31H,3,12-15H2,1-2H3;4-11,16-17H,3,12-15H2,1-2H3;2-3H,1H3/b27-17-;;. The fourth-order valence-corrected chi connectivity index (χ4v) is 9.95. The van der Waals surface area contributed by atoms with Crippen LogP contribution >= 0.6 is 0 Å². The number of aromatic nitrogens is 2. The van der Waals surface area contributed by atoms with Crippen molar-refractivity contribution in [2.45, 2.75) is 63.6 Å². The molecule has 4 aromatic carbocycles. The molecule has 0 unspecified atom stereocenters. The van der Waals surface area contributed by atoms with Gasteiger partial charge < -0.3 is 48.3 Å². The van der Waals surface area contributed by atoms with Crippen molar-refractivity contribution in [3.05, 3.63) is 154 Å². The molecule has 0 atom stereocenters. The van der Waals surface area contributed by atoms with Gasteiger partial charge in [-0.3, -0.25) is 14.4 Å². The SMILES string of the molecule is CCc1ccc(C(=O)N2CCC3(CC2)Oc2ccccc2-n2c(/C=N\O)ccc23)cc1OC.CCc1ccc(C(=O)N2CCC3(CC2)Oc2ccccc2-n2c(C=O)ccc23)cc1OC.CNO. The number of likely N-dealkylation sites (tertiary alicyclic amines) is 2. The smallest absolute Gasteiger partial charge is 0.253 e. The number of nitrogens with zero attached hydrogens (tertiary/aromatic N) is 5. The summed E-state index contributed by atoms with van der Waals surface area (Å²) >= 11 is 0. The van der Waals surface area contributed by atoms with E-state index < -0.39 is 11.2 Å². The summed E-state index contributed by atoms with van der Waals surface area (Å²) in [7, 11) is 4.70. The maximum Gasteiger partial charge on any atom is 0.253 e. The van der Waals surface area contributed by atoms with Crippen molar-refractivity contribution < 1.29 is 43.7 Å². The van der Waals surface area contributed by atoms with Crippen molar-refractivity contribution in [2.75, 3.05) is 47.4 Å². The molecule has 15 nitrogen and oxygen atoms in total. The third-order valence-electron chi connectivity index (χ3n) is 13.4. The Bertz CT molecular complexity index is 2810. The Morgan fingerprint density at radius 3 is 1.47 bits per heavy atom. The van der Waals surface area contributed by atoms with Crippen LogP contribution in [-0.4, -0.2) is 101 Å². The molecule has 4 aliphatic heterocycles. The van der Waals surface area contributed by atoms with Crippen molar-refractivity contribution >= 4 is 24.3 Å². The predicted molar refractivity (Wildman–Crippen MR) is 257 cm³/mol. The topological polar surface area (TPSA) is 169 Å². The molecule has 2 amide bonds. The van der Waals surface area contributed by atoms with E-state index in [9.17, 15) is 14.4 Å². The van der Waals surface area contributed by atoms with Crippen LogP contribution in [0.2, 0.25) is 0 Å². The van der Waals surface area contributed by atoms with Crippen molar-refractivity contribution in [2.24, 2.45) is 5.16 Å². The number of piperidine rings is 2. The number of fused-ring (bicyclic) bond motifs is 8. The van der Waals surface area contributed by atoms with Crippen LogP contribution < -0.4 is 24.4 Å².